The topological polar surface area (TPSA) is 9.23 Å². The van der Waals surface area contributed by atoms with Crippen LogP contribution < -0.4 is 0 Å². The van der Waals surface area contributed by atoms with Crippen LogP contribution in [-0.2, 0) is 4.74 Å². The quantitative estimate of drug-likeness (QED) is 0.487. The van der Waals surface area contributed by atoms with Gasteiger partial charge in [-0.25, -0.2) is 0 Å². The molecule has 7 heavy (non-hydrogen) atoms. The zero-order chi connectivity index (χ0) is 5.91. The highest BCUT2D eigenvalue weighted by molar-refractivity contribution is 4.62. The number of rotatable bonds is 2. The zero-order valence-electron chi connectivity index (χ0n) is 5.62. The Morgan fingerprint density at radius 3 is 1.86 bits per heavy atom. The van der Waals surface area contributed by atoms with E-state index in [1.807, 2.05) is 0 Å². The van der Waals surface area contributed by atoms with Gasteiger partial charge in [0.25, 0.3) is 0 Å². The van der Waals surface area contributed by atoms with Gasteiger partial charge in [-0.1, -0.05) is 6.92 Å². The normalized spacial score (nSPS) is 12.0. The number of ether oxygens (including phenoxy) is 1. The molecular weight excluding hydrogens is 91.0 g/mol. The van der Waals surface area contributed by atoms with E-state index in [1.165, 1.54) is 0 Å². The van der Waals surface area contributed by atoms with Crippen molar-refractivity contribution in [1.29, 1.82) is 0 Å². The molecule has 0 unspecified atom stereocenters. The summed E-state index contributed by atoms with van der Waals surface area (Å²) in [4.78, 5) is 0. The van der Waals surface area contributed by atoms with Crippen LogP contribution in [0.5, 0.6) is 0 Å². The average Bonchev–Trinajstić information content (AvgIpc) is 1.68. The van der Waals surface area contributed by atoms with Crippen molar-refractivity contribution in [2.75, 3.05) is 7.11 Å². The molecule has 0 aromatic rings. The van der Waals surface area contributed by atoms with Crippen molar-refractivity contribution in [3.8, 4) is 0 Å². The molecule has 0 atom stereocenters. The van der Waals surface area contributed by atoms with E-state index in [-0.39, 0.29) is 5.60 Å². The summed E-state index contributed by atoms with van der Waals surface area (Å²) in [5.74, 6) is 0. The lowest BCUT2D eigenvalue weighted by atomic mass is 10.7. The summed E-state index contributed by atoms with van der Waals surface area (Å²) in [5, 5.41) is 0. The zero-order valence-corrected chi connectivity index (χ0v) is 5.62. The Balaban J connectivity index is 3.36. The lowest BCUT2D eigenvalue weighted by molar-refractivity contribution is 0.0196. The van der Waals surface area contributed by atoms with E-state index in [2.05, 4.69) is 20.8 Å². The largest absolute Gasteiger partial charge is 0.379 e. The van der Waals surface area contributed by atoms with Crippen molar-refractivity contribution in [2.45, 2.75) is 32.8 Å². The van der Waals surface area contributed by atoms with E-state index < -0.39 is 0 Å². The molecule has 44 valence electrons. The van der Waals surface area contributed by atoms with Crippen molar-refractivity contribution < 1.29 is 4.74 Å². The third kappa shape index (κ3) is 2.63. The van der Waals surface area contributed by atoms with E-state index in [9.17, 15) is 0 Å². The fourth-order valence-electron chi connectivity index (χ4n) is 0.144. The van der Waals surface area contributed by atoms with Crippen LogP contribution in [0.3, 0.4) is 0 Å². The van der Waals surface area contributed by atoms with Crippen LogP contribution in [0.1, 0.15) is 27.2 Å². The van der Waals surface area contributed by atoms with Gasteiger partial charge in [0.2, 0.25) is 0 Å². The van der Waals surface area contributed by atoms with Crippen molar-refractivity contribution in [3.05, 3.63) is 0 Å². The van der Waals surface area contributed by atoms with E-state index in [1.54, 1.807) is 7.11 Å². The van der Waals surface area contributed by atoms with Gasteiger partial charge in [0.15, 0.2) is 0 Å². The molecule has 0 amide bonds. The summed E-state index contributed by atoms with van der Waals surface area (Å²) in [5.41, 5.74) is 0.0833. The number of hydrogen-bond donors (Lipinski definition) is 0. The Labute approximate surface area is 45.7 Å². The predicted molar refractivity (Wildman–Crippen MR) is 31.4 cm³/mol. The second-order valence-electron chi connectivity index (χ2n) is 2.32. The van der Waals surface area contributed by atoms with Crippen molar-refractivity contribution in [3.63, 3.8) is 0 Å². The maximum absolute atomic E-state index is 5.09. The van der Waals surface area contributed by atoms with Crippen LogP contribution >= 0.6 is 0 Å². The molecule has 0 radical (unpaired) electrons. The second kappa shape index (κ2) is 2.31. The highest BCUT2D eigenvalue weighted by atomic mass is 16.6. The van der Waals surface area contributed by atoms with Crippen LogP contribution in [0.4, 0.5) is 0 Å². The van der Waals surface area contributed by atoms with Crippen LogP contribution in [0.2, 0.25) is 0 Å². The molecule has 0 N–H and O–H groups in total. The summed E-state index contributed by atoms with van der Waals surface area (Å²) in [6.45, 7) is 6.27. The Morgan fingerprint density at radius 1 is 1.43 bits per heavy atom. The molecule has 0 rings (SSSR count). The molecule has 0 aliphatic heterocycles. The minimum absolute atomic E-state index is 0.0833. The van der Waals surface area contributed by atoms with Gasteiger partial charge in [-0.15, -0.1) is 0 Å². The molecule has 0 saturated carbocycles. The van der Waals surface area contributed by atoms with Gasteiger partial charge in [-0.05, 0) is 20.3 Å². The molecule has 0 fully saturated rings. The minimum Gasteiger partial charge on any atom is -0.379 e. The summed E-state index contributed by atoms with van der Waals surface area (Å²) >= 11 is 0. The van der Waals surface area contributed by atoms with E-state index in [4.69, 9.17) is 4.74 Å². The maximum atomic E-state index is 5.09. The third-order valence-corrected chi connectivity index (χ3v) is 1.40. The smallest absolute Gasteiger partial charge is 0.0620 e. The van der Waals surface area contributed by atoms with E-state index in [0.717, 1.165) is 6.42 Å². The molecule has 1 heteroatoms. The first-order valence-electron chi connectivity index (χ1n) is 2.67. The molecule has 0 heterocycles. The van der Waals surface area contributed by atoms with Gasteiger partial charge in [-0.2, -0.15) is 0 Å². The molecular formula is C6H14O. The van der Waals surface area contributed by atoms with Gasteiger partial charge in [-0.3, -0.25) is 0 Å². The van der Waals surface area contributed by atoms with Gasteiger partial charge in [0, 0.05) is 7.11 Å². The monoisotopic (exact) mass is 105 g/mol. The predicted octanol–water partition coefficient (Wildman–Crippen LogP) is 1.82. The summed E-state index contributed by atoms with van der Waals surface area (Å²) in [6.07, 6.45) is 1.07. The molecule has 0 bridgehead atoms. The third-order valence-electron chi connectivity index (χ3n) is 1.40. The fourth-order valence-corrected chi connectivity index (χ4v) is 0.144. The maximum Gasteiger partial charge on any atom is 0.0620 e. The molecule has 0 saturated heterocycles. The number of methoxy groups -OCH3 is 1. The van der Waals surface area contributed by atoms with Gasteiger partial charge >= 0.3 is 0 Å². The fraction of sp³-hybridized carbons (Fsp3) is 1.00. The standard InChI is InChI=1S/C6H14O/c1-5-6(2,3)7-4/h5H2,1-4H3/i1+1,5+1,6+1. The van der Waals surface area contributed by atoms with Crippen molar-refractivity contribution in [1.82, 2.24) is 0 Å². The SMILES string of the molecule is CO[13C](C)(C)[13CH2][13CH3]. The Bertz CT molecular complexity index is 42.1. The molecule has 0 aliphatic rings. The summed E-state index contributed by atoms with van der Waals surface area (Å²) in [7, 11) is 1.74. The number of hydrogen-bond acceptors (Lipinski definition) is 1. The lowest BCUT2D eigenvalue weighted by Gasteiger charge is -2.19. The first kappa shape index (κ1) is 6.96. The molecule has 0 spiro atoms. The summed E-state index contributed by atoms with van der Waals surface area (Å²) < 4.78 is 5.09. The Kier molecular flexibility index (Phi) is 2.30. The van der Waals surface area contributed by atoms with Crippen LogP contribution in [0.25, 0.3) is 0 Å². The first-order valence-corrected chi connectivity index (χ1v) is 2.67. The van der Waals surface area contributed by atoms with E-state index >= 15 is 0 Å². The van der Waals surface area contributed by atoms with Crippen LogP contribution in [0.15, 0.2) is 0 Å². The minimum atomic E-state index is 0.0833. The van der Waals surface area contributed by atoms with Gasteiger partial charge < -0.3 is 4.74 Å². The Hall–Kier alpha value is -0.0400. The molecule has 0 aromatic carbocycles. The molecule has 0 aromatic heterocycles. The molecule has 0 aliphatic carbocycles. The van der Waals surface area contributed by atoms with E-state index in [0.29, 0.717) is 0 Å². The average molecular weight is 105 g/mol. The van der Waals surface area contributed by atoms with Crippen LogP contribution in [0, 0.1) is 0 Å². The highest BCUT2D eigenvalue weighted by Gasteiger charge is 2.10. The lowest BCUT2D eigenvalue weighted by Crippen LogP contribution is -2.20. The first-order chi connectivity index (χ1) is 3.12. The van der Waals surface area contributed by atoms with Crippen molar-refractivity contribution >= 4 is 0 Å². The van der Waals surface area contributed by atoms with Crippen molar-refractivity contribution in [2.24, 2.45) is 0 Å². The second-order valence-corrected chi connectivity index (χ2v) is 2.32. The van der Waals surface area contributed by atoms with Gasteiger partial charge in [0.1, 0.15) is 0 Å². The summed E-state index contributed by atoms with van der Waals surface area (Å²) in [6, 6.07) is 0. The molecule has 1 nitrogen and oxygen atoms in total. The Morgan fingerprint density at radius 2 is 1.86 bits per heavy atom. The van der Waals surface area contributed by atoms with Crippen LogP contribution in [-0.4, -0.2) is 12.7 Å². The van der Waals surface area contributed by atoms with Gasteiger partial charge in [0.05, 0.1) is 5.60 Å². The highest BCUT2D eigenvalue weighted by Crippen LogP contribution is 2.10.